The fraction of sp³-hybridized carbons (Fsp3) is 0.150. The van der Waals surface area contributed by atoms with E-state index in [1.807, 2.05) is 54.6 Å². The first-order valence-corrected chi connectivity index (χ1v) is 8.03. The molecule has 4 heteroatoms. The van der Waals surface area contributed by atoms with Gasteiger partial charge in [-0.25, -0.2) is 0 Å². The van der Waals surface area contributed by atoms with Crippen molar-refractivity contribution in [3.05, 3.63) is 72.3 Å². The summed E-state index contributed by atoms with van der Waals surface area (Å²) in [7, 11) is 0. The van der Waals surface area contributed by atoms with Gasteiger partial charge in [-0.3, -0.25) is 4.79 Å². The number of phenolic OH excluding ortho intramolecular Hbond substituents is 1. The molecule has 0 heterocycles. The summed E-state index contributed by atoms with van der Waals surface area (Å²) in [6.45, 7) is 1.32. The number of fused-ring (bicyclic) bond motifs is 1. The minimum Gasteiger partial charge on any atom is -0.507 e. The number of benzene rings is 3. The number of amides is 1. The maximum atomic E-state index is 12.3. The molecule has 0 aromatic heterocycles. The molecule has 0 aliphatic rings. The van der Waals surface area contributed by atoms with Crippen LogP contribution in [0.4, 0.5) is 5.69 Å². The van der Waals surface area contributed by atoms with Crippen molar-refractivity contribution in [2.75, 3.05) is 18.4 Å². The normalized spacial score (nSPS) is 10.5. The Morgan fingerprint density at radius 2 is 1.54 bits per heavy atom. The van der Waals surface area contributed by atoms with Crippen LogP contribution in [-0.2, 0) is 0 Å². The number of anilines is 1. The summed E-state index contributed by atoms with van der Waals surface area (Å²) >= 11 is 0. The first-order valence-electron chi connectivity index (χ1n) is 8.03. The largest absolute Gasteiger partial charge is 0.507 e. The van der Waals surface area contributed by atoms with Crippen LogP contribution in [0.3, 0.4) is 0 Å². The summed E-state index contributed by atoms with van der Waals surface area (Å²) in [5.74, 6) is -0.244. The molecule has 0 fully saturated rings. The summed E-state index contributed by atoms with van der Waals surface area (Å²) in [5.41, 5.74) is 1.38. The number of phenols is 1. The van der Waals surface area contributed by atoms with Gasteiger partial charge in [0.25, 0.3) is 5.91 Å². The highest BCUT2D eigenvalue weighted by Gasteiger charge is 2.11. The molecule has 1 amide bonds. The van der Waals surface area contributed by atoms with Crippen molar-refractivity contribution in [3.8, 4) is 5.75 Å². The first kappa shape index (κ1) is 15.9. The van der Waals surface area contributed by atoms with Crippen LogP contribution in [0.1, 0.15) is 16.8 Å². The number of carbonyl (C=O) groups is 1. The topological polar surface area (TPSA) is 61.4 Å². The number of carbonyl (C=O) groups excluding carboxylic acids is 1. The molecule has 3 N–H and O–H groups in total. The van der Waals surface area contributed by atoms with Gasteiger partial charge >= 0.3 is 0 Å². The maximum absolute atomic E-state index is 12.3. The van der Waals surface area contributed by atoms with E-state index >= 15 is 0 Å². The number of hydrogen-bond donors (Lipinski definition) is 3. The molecule has 0 bridgehead atoms. The Hall–Kier alpha value is -3.01. The molecule has 3 aromatic carbocycles. The number of para-hydroxylation sites is 1. The zero-order valence-electron chi connectivity index (χ0n) is 13.3. The number of aromatic hydroxyl groups is 1. The minimum absolute atomic E-state index is 0.00797. The maximum Gasteiger partial charge on any atom is 0.255 e. The third kappa shape index (κ3) is 3.84. The van der Waals surface area contributed by atoms with Crippen LogP contribution in [0.2, 0.25) is 0 Å². The highest BCUT2D eigenvalue weighted by atomic mass is 16.3. The van der Waals surface area contributed by atoms with E-state index < -0.39 is 0 Å². The highest BCUT2D eigenvalue weighted by Crippen LogP contribution is 2.24. The number of hydrogen-bond acceptors (Lipinski definition) is 3. The molecule has 0 saturated carbocycles. The second-order valence-electron chi connectivity index (χ2n) is 5.62. The predicted octanol–water partition coefficient (Wildman–Crippen LogP) is 3.78. The third-order valence-corrected chi connectivity index (χ3v) is 3.85. The van der Waals surface area contributed by atoms with Gasteiger partial charge in [-0.2, -0.15) is 0 Å². The van der Waals surface area contributed by atoms with E-state index in [4.69, 9.17) is 0 Å². The lowest BCUT2D eigenvalue weighted by atomic mass is 10.1. The van der Waals surface area contributed by atoms with Crippen LogP contribution in [0, 0.1) is 0 Å². The molecule has 24 heavy (non-hydrogen) atoms. The Balaban J connectivity index is 1.52. The molecular weight excluding hydrogens is 300 g/mol. The Kier molecular flexibility index (Phi) is 4.96. The van der Waals surface area contributed by atoms with Crippen LogP contribution < -0.4 is 10.6 Å². The summed E-state index contributed by atoms with van der Waals surface area (Å²) < 4.78 is 0. The van der Waals surface area contributed by atoms with E-state index in [1.165, 1.54) is 0 Å². The molecule has 0 radical (unpaired) electrons. The molecule has 0 aliphatic carbocycles. The van der Waals surface area contributed by atoms with Crippen LogP contribution in [0.15, 0.2) is 66.7 Å². The first-order chi connectivity index (χ1) is 11.7. The van der Waals surface area contributed by atoms with Crippen molar-refractivity contribution in [1.82, 2.24) is 5.32 Å². The molecule has 3 rings (SSSR count). The predicted molar refractivity (Wildman–Crippen MR) is 97.5 cm³/mol. The lowest BCUT2D eigenvalue weighted by Gasteiger charge is -2.09. The van der Waals surface area contributed by atoms with Gasteiger partial charge in [-0.1, -0.05) is 42.5 Å². The van der Waals surface area contributed by atoms with E-state index in [1.54, 1.807) is 12.1 Å². The van der Waals surface area contributed by atoms with E-state index in [0.717, 1.165) is 29.4 Å². The highest BCUT2D eigenvalue weighted by molar-refractivity contribution is 6.01. The van der Waals surface area contributed by atoms with E-state index in [9.17, 15) is 9.90 Å². The number of nitrogens with one attached hydrogen (secondary N) is 2. The Labute approximate surface area is 141 Å². The van der Waals surface area contributed by atoms with Crippen LogP contribution in [0.25, 0.3) is 10.8 Å². The molecule has 122 valence electrons. The van der Waals surface area contributed by atoms with Crippen molar-refractivity contribution in [3.63, 3.8) is 0 Å². The molecule has 0 saturated heterocycles. The van der Waals surface area contributed by atoms with Gasteiger partial charge in [0.05, 0.1) is 5.56 Å². The van der Waals surface area contributed by atoms with Crippen molar-refractivity contribution in [2.45, 2.75) is 6.42 Å². The van der Waals surface area contributed by atoms with Gasteiger partial charge in [0, 0.05) is 18.8 Å². The van der Waals surface area contributed by atoms with E-state index in [0.29, 0.717) is 12.1 Å². The average molecular weight is 320 g/mol. The van der Waals surface area contributed by atoms with Crippen molar-refractivity contribution >= 4 is 22.4 Å². The molecule has 3 aromatic rings. The van der Waals surface area contributed by atoms with Gasteiger partial charge < -0.3 is 15.7 Å². The minimum atomic E-state index is -0.252. The van der Waals surface area contributed by atoms with Crippen LogP contribution >= 0.6 is 0 Å². The third-order valence-electron chi connectivity index (χ3n) is 3.85. The quantitative estimate of drug-likeness (QED) is 0.606. The summed E-state index contributed by atoms with van der Waals surface area (Å²) in [6.07, 6.45) is 0.801. The molecule has 4 nitrogen and oxygen atoms in total. The van der Waals surface area contributed by atoms with E-state index in [2.05, 4.69) is 10.6 Å². The zero-order chi connectivity index (χ0) is 16.8. The molecule has 0 aliphatic heterocycles. The Morgan fingerprint density at radius 1 is 0.875 bits per heavy atom. The van der Waals surface area contributed by atoms with Crippen molar-refractivity contribution in [2.24, 2.45) is 0 Å². The summed E-state index contributed by atoms with van der Waals surface area (Å²) in [6, 6.07) is 20.9. The van der Waals surface area contributed by atoms with Crippen molar-refractivity contribution in [1.29, 1.82) is 0 Å². The summed E-state index contributed by atoms with van der Waals surface area (Å²) in [5, 5.41) is 18.1. The molecule has 0 atom stereocenters. The summed E-state index contributed by atoms with van der Waals surface area (Å²) in [4.78, 5) is 12.3. The monoisotopic (exact) mass is 320 g/mol. The Morgan fingerprint density at radius 3 is 2.29 bits per heavy atom. The van der Waals surface area contributed by atoms with Gasteiger partial charge in [-0.05, 0) is 41.5 Å². The standard InChI is InChI=1S/C20H20N2O2/c23-19-14-16-8-5-4-7-15(16)13-18(19)20(24)22-12-6-11-21-17-9-2-1-3-10-17/h1-5,7-10,13-14,21,23H,6,11-12H2,(H,22,24). The fourth-order valence-corrected chi connectivity index (χ4v) is 2.58. The van der Waals surface area contributed by atoms with E-state index in [-0.39, 0.29) is 11.7 Å². The van der Waals surface area contributed by atoms with Crippen molar-refractivity contribution < 1.29 is 9.90 Å². The van der Waals surface area contributed by atoms with Gasteiger partial charge in [-0.15, -0.1) is 0 Å². The lowest BCUT2D eigenvalue weighted by Crippen LogP contribution is -2.25. The van der Waals surface area contributed by atoms with Gasteiger partial charge in [0.2, 0.25) is 0 Å². The smallest absolute Gasteiger partial charge is 0.255 e. The van der Waals surface area contributed by atoms with Crippen LogP contribution in [-0.4, -0.2) is 24.1 Å². The van der Waals surface area contributed by atoms with Gasteiger partial charge in [0.15, 0.2) is 0 Å². The van der Waals surface area contributed by atoms with Gasteiger partial charge in [0.1, 0.15) is 5.75 Å². The SMILES string of the molecule is O=C(NCCCNc1ccccc1)c1cc2ccccc2cc1O. The second kappa shape index (κ2) is 7.51. The van der Waals surface area contributed by atoms with Crippen LogP contribution in [0.5, 0.6) is 5.75 Å². The lowest BCUT2D eigenvalue weighted by molar-refractivity contribution is 0.0951. The molecular formula is C20H20N2O2. The molecule has 0 spiro atoms. The second-order valence-corrected chi connectivity index (χ2v) is 5.62. The zero-order valence-corrected chi connectivity index (χ0v) is 13.3. The Bertz CT molecular complexity index is 831. The molecule has 0 unspecified atom stereocenters. The number of rotatable bonds is 6. The fourth-order valence-electron chi connectivity index (χ4n) is 2.58. The average Bonchev–Trinajstić information content (AvgIpc) is 2.61.